The van der Waals surface area contributed by atoms with E-state index in [1.165, 1.54) is 12.1 Å². The van der Waals surface area contributed by atoms with Gasteiger partial charge in [-0.05, 0) is 48.1 Å². The molecule has 0 saturated carbocycles. The van der Waals surface area contributed by atoms with Crippen LogP contribution in [0.5, 0.6) is 0 Å². The maximum absolute atomic E-state index is 13.6. The quantitative estimate of drug-likeness (QED) is 0.379. The second-order valence-electron chi connectivity index (χ2n) is 9.13. The van der Waals surface area contributed by atoms with Crippen molar-refractivity contribution in [3.8, 4) is 0 Å². The normalized spacial score (nSPS) is 14.1. The van der Waals surface area contributed by atoms with E-state index in [4.69, 9.17) is 4.74 Å². The summed E-state index contributed by atoms with van der Waals surface area (Å²) in [5.74, 6) is -0.352. The van der Waals surface area contributed by atoms with E-state index in [-0.39, 0.29) is 24.2 Å². The van der Waals surface area contributed by atoms with Crippen molar-refractivity contribution in [3.05, 3.63) is 57.5 Å². The molecule has 2 aromatic rings. The highest BCUT2D eigenvalue weighted by atomic mass is 32.1. The predicted molar refractivity (Wildman–Crippen MR) is 138 cm³/mol. The first-order valence-electron chi connectivity index (χ1n) is 12.6. The first-order valence-corrected chi connectivity index (χ1v) is 13.5. The number of carbonyl (C=O) groups excluding carboxylic acids is 2. The molecule has 6 nitrogen and oxygen atoms in total. The molecule has 0 spiro atoms. The molecule has 2 amide bonds. The van der Waals surface area contributed by atoms with E-state index in [9.17, 15) is 14.0 Å². The van der Waals surface area contributed by atoms with Gasteiger partial charge >= 0.3 is 0 Å². The van der Waals surface area contributed by atoms with Crippen LogP contribution in [0.15, 0.2) is 35.7 Å². The Morgan fingerprint density at radius 2 is 1.77 bits per heavy atom. The summed E-state index contributed by atoms with van der Waals surface area (Å²) in [7, 11) is 0. The van der Waals surface area contributed by atoms with Crippen molar-refractivity contribution in [3.63, 3.8) is 0 Å². The first kappa shape index (κ1) is 27.3. The number of amides is 2. The maximum atomic E-state index is 13.6. The van der Waals surface area contributed by atoms with Gasteiger partial charge < -0.3 is 14.5 Å². The van der Waals surface area contributed by atoms with Gasteiger partial charge in [-0.25, -0.2) is 4.39 Å². The highest BCUT2D eigenvalue weighted by Crippen LogP contribution is 2.20. The number of morpholine rings is 1. The molecule has 1 aliphatic rings. The molecule has 8 heteroatoms. The van der Waals surface area contributed by atoms with Crippen LogP contribution in [0.2, 0.25) is 0 Å². The Hall–Kier alpha value is -2.29. The van der Waals surface area contributed by atoms with E-state index >= 15 is 0 Å². The number of hydrogen-bond acceptors (Lipinski definition) is 5. The summed E-state index contributed by atoms with van der Waals surface area (Å²) in [6.45, 7) is 9.42. The Labute approximate surface area is 212 Å². The summed E-state index contributed by atoms with van der Waals surface area (Å²) in [5, 5.41) is 2.02. The lowest BCUT2D eigenvalue weighted by Gasteiger charge is -2.31. The fourth-order valence-electron chi connectivity index (χ4n) is 4.11. The molecule has 0 atom stereocenters. The van der Waals surface area contributed by atoms with Gasteiger partial charge in [0.1, 0.15) is 5.82 Å². The minimum Gasteiger partial charge on any atom is -0.379 e. The van der Waals surface area contributed by atoms with Gasteiger partial charge in [0.15, 0.2) is 0 Å². The highest BCUT2D eigenvalue weighted by Gasteiger charge is 2.23. The summed E-state index contributed by atoms with van der Waals surface area (Å²) >= 11 is 1.62. The molecule has 0 unspecified atom stereocenters. The van der Waals surface area contributed by atoms with Crippen LogP contribution in [-0.4, -0.2) is 72.5 Å². The topological polar surface area (TPSA) is 53.1 Å². The lowest BCUT2D eigenvalue weighted by Crippen LogP contribution is -2.47. The number of carbonyl (C=O) groups is 2. The first-order chi connectivity index (χ1) is 17.0. The Morgan fingerprint density at radius 1 is 1.03 bits per heavy atom. The Balaban J connectivity index is 1.71. The third-order valence-electron chi connectivity index (χ3n) is 6.40. The van der Waals surface area contributed by atoms with Crippen LogP contribution >= 0.6 is 11.3 Å². The fourth-order valence-corrected chi connectivity index (χ4v) is 5.03. The summed E-state index contributed by atoms with van der Waals surface area (Å²) in [4.78, 5) is 33.6. The minimum absolute atomic E-state index is 0.0362. The molecule has 1 aliphatic heterocycles. The van der Waals surface area contributed by atoms with Crippen molar-refractivity contribution in [2.45, 2.75) is 52.6 Å². The Bertz CT molecular complexity index is 928. The van der Waals surface area contributed by atoms with E-state index in [1.807, 2.05) is 18.4 Å². The number of hydrogen-bond donors (Lipinski definition) is 0. The lowest BCUT2D eigenvalue weighted by molar-refractivity contribution is -0.141. The van der Waals surface area contributed by atoms with Crippen molar-refractivity contribution in [2.75, 3.05) is 45.9 Å². The predicted octanol–water partition coefficient (Wildman–Crippen LogP) is 4.47. The van der Waals surface area contributed by atoms with Gasteiger partial charge in [0.05, 0.1) is 26.3 Å². The van der Waals surface area contributed by atoms with Crippen LogP contribution < -0.4 is 0 Å². The zero-order chi connectivity index (χ0) is 25.0. The number of benzene rings is 1. The number of thiophene rings is 1. The zero-order valence-electron chi connectivity index (χ0n) is 21.0. The molecule has 3 rings (SSSR count). The summed E-state index contributed by atoms with van der Waals surface area (Å²) in [6.07, 6.45) is 3.36. The van der Waals surface area contributed by atoms with Crippen molar-refractivity contribution in [1.82, 2.24) is 14.7 Å². The SMILES string of the molecule is CCCCCC(=O)N(CCN1CCOCC1)CC(=O)N(Cc1ccc(F)cc1)Cc1sccc1C. The van der Waals surface area contributed by atoms with Gasteiger partial charge in [0.2, 0.25) is 11.8 Å². The van der Waals surface area contributed by atoms with Crippen LogP contribution in [0.3, 0.4) is 0 Å². The summed E-state index contributed by atoms with van der Waals surface area (Å²) in [5.41, 5.74) is 2.01. The minimum atomic E-state index is -0.298. The van der Waals surface area contributed by atoms with Gasteiger partial charge in [0.25, 0.3) is 0 Å². The van der Waals surface area contributed by atoms with E-state index in [0.29, 0.717) is 39.3 Å². The van der Waals surface area contributed by atoms with E-state index in [1.54, 1.807) is 33.3 Å². The third-order valence-corrected chi connectivity index (χ3v) is 7.41. The molecule has 0 aliphatic carbocycles. The molecule has 35 heavy (non-hydrogen) atoms. The van der Waals surface area contributed by atoms with Crippen molar-refractivity contribution in [1.29, 1.82) is 0 Å². The van der Waals surface area contributed by atoms with E-state index in [0.717, 1.165) is 54.9 Å². The average molecular weight is 504 g/mol. The third kappa shape index (κ3) is 9.02. The zero-order valence-corrected chi connectivity index (χ0v) is 21.8. The number of ether oxygens (including phenoxy) is 1. The molecule has 192 valence electrons. The van der Waals surface area contributed by atoms with Gasteiger partial charge in [-0.2, -0.15) is 0 Å². The smallest absolute Gasteiger partial charge is 0.242 e. The molecule has 1 saturated heterocycles. The monoisotopic (exact) mass is 503 g/mol. The molecule has 0 N–H and O–H groups in total. The Morgan fingerprint density at radius 3 is 2.43 bits per heavy atom. The van der Waals surface area contributed by atoms with Gasteiger partial charge in [0, 0.05) is 44.0 Å². The van der Waals surface area contributed by atoms with E-state index in [2.05, 4.69) is 11.8 Å². The number of halogens is 1. The standard InChI is InChI=1S/C27H38FN3O3S/c1-3-4-5-6-26(32)30(13-12-29-14-16-34-17-15-29)21-27(33)31(20-25-22(2)11-18-35-25)19-23-7-9-24(28)10-8-23/h7-11,18H,3-6,12-17,19-21H2,1-2H3. The number of aryl methyl sites for hydroxylation is 1. The number of unbranched alkanes of at least 4 members (excludes halogenated alkanes) is 2. The molecular formula is C27H38FN3O3S. The summed E-state index contributed by atoms with van der Waals surface area (Å²) in [6, 6.07) is 8.30. The van der Waals surface area contributed by atoms with E-state index < -0.39 is 0 Å². The number of nitrogens with zero attached hydrogens (tertiary/aromatic N) is 3. The highest BCUT2D eigenvalue weighted by molar-refractivity contribution is 7.10. The fraction of sp³-hybridized carbons (Fsp3) is 0.556. The molecule has 2 heterocycles. The van der Waals surface area contributed by atoms with Crippen LogP contribution in [0.25, 0.3) is 0 Å². The average Bonchev–Trinajstić information content (AvgIpc) is 3.27. The van der Waals surface area contributed by atoms with Crippen LogP contribution in [0.4, 0.5) is 4.39 Å². The van der Waals surface area contributed by atoms with Gasteiger partial charge in [-0.3, -0.25) is 14.5 Å². The van der Waals surface area contributed by atoms with Gasteiger partial charge in [-0.1, -0.05) is 31.9 Å². The van der Waals surface area contributed by atoms with Crippen molar-refractivity contribution >= 4 is 23.2 Å². The Kier molecular flexibility index (Phi) is 11.2. The largest absolute Gasteiger partial charge is 0.379 e. The summed E-state index contributed by atoms with van der Waals surface area (Å²) < 4.78 is 18.9. The molecule has 0 bridgehead atoms. The number of rotatable bonds is 13. The molecule has 1 aromatic heterocycles. The lowest BCUT2D eigenvalue weighted by atomic mass is 10.1. The van der Waals surface area contributed by atoms with Crippen molar-refractivity contribution in [2.24, 2.45) is 0 Å². The second kappa shape index (κ2) is 14.3. The molecule has 0 radical (unpaired) electrons. The maximum Gasteiger partial charge on any atom is 0.242 e. The van der Waals surface area contributed by atoms with Crippen LogP contribution in [0, 0.1) is 12.7 Å². The molecule has 1 fully saturated rings. The molecular weight excluding hydrogens is 465 g/mol. The van der Waals surface area contributed by atoms with Crippen LogP contribution in [0.1, 0.15) is 48.6 Å². The molecule has 1 aromatic carbocycles. The van der Waals surface area contributed by atoms with Crippen LogP contribution in [-0.2, 0) is 27.4 Å². The van der Waals surface area contributed by atoms with Gasteiger partial charge in [-0.15, -0.1) is 11.3 Å². The van der Waals surface area contributed by atoms with Crippen molar-refractivity contribution < 1.29 is 18.7 Å². The second-order valence-corrected chi connectivity index (χ2v) is 10.1.